The van der Waals surface area contributed by atoms with Gasteiger partial charge in [0.05, 0.1) is 16.6 Å². The van der Waals surface area contributed by atoms with E-state index in [1.807, 2.05) is 27.9 Å². The summed E-state index contributed by atoms with van der Waals surface area (Å²) < 4.78 is 25.8. The van der Waals surface area contributed by atoms with Crippen molar-refractivity contribution in [2.45, 2.75) is 25.1 Å². The van der Waals surface area contributed by atoms with Crippen LogP contribution in [0.25, 0.3) is 0 Å². The molecule has 0 aliphatic carbocycles. The highest BCUT2D eigenvalue weighted by molar-refractivity contribution is 8.00. The van der Waals surface area contributed by atoms with Gasteiger partial charge in [0.1, 0.15) is 16.3 Å². The van der Waals surface area contributed by atoms with Crippen LogP contribution in [0.4, 0.5) is 10.1 Å². The first kappa shape index (κ1) is 16.0. The van der Waals surface area contributed by atoms with Crippen LogP contribution in [0.15, 0.2) is 23.2 Å². The molecule has 1 unspecified atom stereocenters. The summed E-state index contributed by atoms with van der Waals surface area (Å²) in [5, 5.41) is 3.31. The van der Waals surface area contributed by atoms with Gasteiger partial charge >= 0.3 is 0 Å². The molecule has 21 heavy (non-hydrogen) atoms. The van der Waals surface area contributed by atoms with Gasteiger partial charge in [0, 0.05) is 19.8 Å². The molecular weight excluding hydrogens is 309 g/mol. The first-order valence-corrected chi connectivity index (χ1v) is 8.19. The molecule has 4 nitrogen and oxygen atoms in total. The van der Waals surface area contributed by atoms with Gasteiger partial charge in [-0.2, -0.15) is 0 Å². The predicted octanol–water partition coefficient (Wildman–Crippen LogP) is 2.21. The van der Waals surface area contributed by atoms with Crippen molar-refractivity contribution in [1.82, 2.24) is 5.32 Å². The highest BCUT2D eigenvalue weighted by Gasteiger charge is 2.32. The summed E-state index contributed by atoms with van der Waals surface area (Å²) in [4.78, 5) is 6.73. The summed E-state index contributed by atoms with van der Waals surface area (Å²) in [6.45, 7) is 3.74. The summed E-state index contributed by atoms with van der Waals surface area (Å²) in [7, 11) is 2.30. The van der Waals surface area contributed by atoms with Gasteiger partial charge in [0.15, 0.2) is 5.17 Å². The smallest absolute Gasteiger partial charge is 0.193 e. The van der Waals surface area contributed by atoms with Gasteiger partial charge in [-0.25, -0.2) is 9.38 Å². The molecule has 1 heterocycles. The molecule has 0 amide bonds. The zero-order valence-electron chi connectivity index (χ0n) is 12.4. The molecule has 0 radical (unpaired) electrons. The maximum Gasteiger partial charge on any atom is 0.193 e. The molecule has 0 fully saturated rings. The number of thiocarbonyl (C=S) groups is 1. The number of nitrogens with zero attached hydrogens (tertiary/aromatic N) is 2. The molecule has 1 aromatic carbocycles. The summed E-state index contributed by atoms with van der Waals surface area (Å²) >= 11 is 5.18. The zero-order chi connectivity index (χ0) is 15.8. The summed E-state index contributed by atoms with van der Waals surface area (Å²) in [6, 6.07) is 4.46. The Morgan fingerprint density at radius 3 is 2.62 bits per heavy atom. The van der Waals surface area contributed by atoms with Gasteiger partial charge in [0.25, 0.3) is 0 Å². The van der Waals surface area contributed by atoms with E-state index >= 15 is 0 Å². The third kappa shape index (κ3) is 3.47. The highest BCUT2D eigenvalue weighted by atomic mass is 32.2. The Labute approximate surface area is 131 Å². The number of nitrogens with one attached hydrogen (secondary N) is 1. The van der Waals surface area contributed by atoms with Crippen molar-refractivity contribution in [1.29, 1.82) is 0 Å². The van der Waals surface area contributed by atoms with Crippen molar-refractivity contribution in [3.63, 3.8) is 0 Å². The molecule has 0 saturated heterocycles. The molecule has 1 aliphatic heterocycles. The van der Waals surface area contributed by atoms with Crippen molar-refractivity contribution < 1.29 is 8.60 Å². The number of rotatable bonds is 3. The lowest BCUT2D eigenvalue weighted by molar-refractivity contribution is 0.627. The Morgan fingerprint density at radius 2 is 2.10 bits per heavy atom. The molecule has 1 aliphatic rings. The van der Waals surface area contributed by atoms with Gasteiger partial charge in [-0.3, -0.25) is 4.21 Å². The lowest BCUT2D eigenvalue weighted by Crippen LogP contribution is -2.34. The number of halogens is 1. The van der Waals surface area contributed by atoms with Gasteiger partial charge in [0.2, 0.25) is 0 Å². The minimum absolute atomic E-state index is 0.262. The van der Waals surface area contributed by atoms with E-state index < -0.39 is 16.3 Å². The van der Waals surface area contributed by atoms with E-state index in [0.29, 0.717) is 15.8 Å². The molecule has 0 bridgehead atoms. The Hall–Kier alpha value is -1.34. The van der Waals surface area contributed by atoms with Crippen LogP contribution < -0.4 is 10.2 Å². The Kier molecular flexibility index (Phi) is 4.43. The van der Waals surface area contributed by atoms with Gasteiger partial charge < -0.3 is 10.2 Å². The van der Waals surface area contributed by atoms with E-state index in [4.69, 9.17) is 12.2 Å². The fourth-order valence-electron chi connectivity index (χ4n) is 1.98. The SMILES string of the molecule is CN(C)c1cc(F)ccc1CS(=O)C1=NC(C)(C)C(=S)N1. The van der Waals surface area contributed by atoms with E-state index in [0.717, 1.165) is 5.56 Å². The molecule has 0 spiro atoms. The van der Waals surface area contributed by atoms with Crippen LogP contribution in [0.1, 0.15) is 19.4 Å². The van der Waals surface area contributed by atoms with Gasteiger partial charge in [-0.1, -0.05) is 18.3 Å². The second-order valence-electron chi connectivity index (χ2n) is 5.59. The van der Waals surface area contributed by atoms with Crippen LogP contribution in [0.2, 0.25) is 0 Å². The third-order valence-electron chi connectivity index (χ3n) is 3.19. The van der Waals surface area contributed by atoms with Crippen LogP contribution >= 0.6 is 12.2 Å². The number of anilines is 1. The standard InChI is InChI=1S/C14H18FN3OS2/c1-14(2)12(20)16-13(17-14)21(19)8-9-5-6-10(15)7-11(9)18(3)4/h5-7H,8H2,1-4H3,(H,16,17,20). The number of aliphatic imine (C=N–C) groups is 1. The number of hydrogen-bond acceptors (Lipinski definition) is 4. The van der Waals surface area contributed by atoms with Crippen molar-refractivity contribution in [3.8, 4) is 0 Å². The van der Waals surface area contributed by atoms with E-state index in [1.165, 1.54) is 12.1 Å². The van der Waals surface area contributed by atoms with E-state index in [-0.39, 0.29) is 11.6 Å². The number of amidine groups is 1. The minimum atomic E-state index is -1.34. The normalized spacial score (nSPS) is 18.1. The van der Waals surface area contributed by atoms with E-state index in [9.17, 15) is 8.60 Å². The molecule has 1 atom stereocenters. The maximum atomic E-state index is 13.3. The predicted molar refractivity (Wildman–Crippen MR) is 89.8 cm³/mol. The van der Waals surface area contributed by atoms with Gasteiger partial charge in [-0.15, -0.1) is 0 Å². The third-order valence-corrected chi connectivity index (χ3v) is 4.99. The molecule has 1 N–H and O–H groups in total. The monoisotopic (exact) mass is 327 g/mol. The lowest BCUT2D eigenvalue weighted by atomic mass is 10.1. The van der Waals surface area contributed by atoms with E-state index in [1.54, 1.807) is 11.0 Å². The van der Waals surface area contributed by atoms with Crippen molar-refractivity contribution in [2.24, 2.45) is 4.99 Å². The average molecular weight is 327 g/mol. The molecule has 2 rings (SSSR count). The topological polar surface area (TPSA) is 44.7 Å². The molecule has 114 valence electrons. The molecule has 0 aromatic heterocycles. The second kappa shape index (κ2) is 5.81. The van der Waals surface area contributed by atoms with Crippen molar-refractivity contribution in [3.05, 3.63) is 29.6 Å². The fourth-order valence-corrected chi connectivity index (χ4v) is 3.39. The zero-order valence-corrected chi connectivity index (χ0v) is 14.1. The van der Waals surface area contributed by atoms with Crippen LogP contribution in [-0.2, 0) is 16.6 Å². The van der Waals surface area contributed by atoms with Crippen LogP contribution in [0.3, 0.4) is 0 Å². The summed E-state index contributed by atoms with van der Waals surface area (Å²) in [5.74, 6) is -0.0509. The Morgan fingerprint density at radius 1 is 1.43 bits per heavy atom. The fraction of sp³-hybridized carbons (Fsp3) is 0.429. The highest BCUT2D eigenvalue weighted by Crippen LogP contribution is 2.23. The number of hydrogen-bond donors (Lipinski definition) is 1. The Bertz CT molecular complexity index is 641. The first-order chi connectivity index (χ1) is 9.70. The Balaban J connectivity index is 2.24. The molecule has 1 aromatic rings. The van der Waals surface area contributed by atoms with Crippen LogP contribution in [0.5, 0.6) is 0 Å². The molecular formula is C14H18FN3OS2. The van der Waals surface area contributed by atoms with Crippen LogP contribution in [0, 0.1) is 5.82 Å². The number of benzene rings is 1. The largest absolute Gasteiger partial charge is 0.377 e. The summed E-state index contributed by atoms with van der Waals surface area (Å²) in [6.07, 6.45) is 0. The minimum Gasteiger partial charge on any atom is -0.377 e. The quantitative estimate of drug-likeness (QED) is 0.865. The average Bonchev–Trinajstić information content (AvgIpc) is 2.66. The second-order valence-corrected chi connectivity index (χ2v) is 7.36. The maximum absolute atomic E-state index is 13.3. The molecule has 7 heteroatoms. The van der Waals surface area contributed by atoms with Gasteiger partial charge in [-0.05, 0) is 31.5 Å². The van der Waals surface area contributed by atoms with E-state index in [2.05, 4.69) is 10.3 Å². The van der Waals surface area contributed by atoms with Crippen molar-refractivity contribution in [2.75, 3.05) is 19.0 Å². The van der Waals surface area contributed by atoms with Crippen LogP contribution in [-0.4, -0.2) is 34.0 Å². The summed E-state index contributed by atoms with van der Waals surface area (Å²) in [5.41, 5.74) is 0.997. The van der Waals surface area contributed by atoms with Crippen molar-refractivity contribution >= 4 is 38.9 Å². The first-order valence-electron chi connectivity index (χ1n) is 6.46. The lowest BCUT2D eigenvalue weighted by Gasteiger charge is -2.17. The molecule has 0 saturated carbocycles.